The number of hydrogen-bond donors (Lipinski definition) is 3. The van der Waals surface area contributed by atoms with Crippen LogP contribution in [0.25, 0.3) is 0 Å². The fraction of sp³-hybridized carbons (Fsp3) is 0.426. The topological polar surface area (TPSA) is 383 Å². The summed E-state index contributed by atoms with van der Waals surface area (Å²) in [5, 5.41) is 28.8. The molecule has 2 aromatic heterocycles. The molecule has 8 atom stereocenters. The Balaban J connectivity index is 0.000000374. The predicted octanol–water partition coefficient (Wildman–Crippen LogP) is 21.3. The minimum absolute atomic E-state index is 0. The third-order valence-electron chi connectivity index (χ3n) is 22.7. The van der Waals surface area contributed by atoms with Crippen molar-refractivity contribution < 1.29 is 93.8 Å². The van der Waals surface area contributed by atoms with E-state index in [0.29, 0.717) is 74.3 Å². The van der Waals surface area contributed by atoms with Crippen molar-refractivity contribution in [3.8, 4) is 58.5 Å². The lowest BCUT2D eigenvalue weighted by Gasteiger charge is -2.39. The predicted molar refractivity (Wildman–Crippen MR) is 567 cm³/mol. The fourth-order valence-electron chi connectivity index (χ4n) is 15.4. The maximum atomic E-state index is 14.4. The van der Waals surface area contributed by atoms with Gasteiger partial charge in [0.2, 0.25) is 7.65 Å². The SMILES string of the molecule is C.C.CC(C)N(C(C)C)P(Cl)OCCC#N.COc1ccc(C(OCC2OC(n3cc(C#CCCOP(=O)(OCc4ccc(OC(=O)C(C)(C)C)cc4)OCc4ccc(OC(=O)C(C)(C)C)cc4)c(=O)[nH]c3=O)CC2OP(OCCC#N)N(C(C)C)C(C)C)(c2ccccc2)c2ccc(OC)cc2)cc1.COc1ccc(C(OCC2OC(n3cc(I)c(=O)[nH]c3=O)CC2O)(c2ccccc2)c2ccc(OC)cc2)cc1. The van der Waals surface area contributed by atoms with Gasteiger partial charge in [0, 0.05) is 55.8 Å². The molecular formula is C108H135ClIN8O24P3. The molecule has 0 bridgehead atoms. The van der Waals surface area contributed by atoms with Crippen molar-refractivity contribution in [1.82, 2.24) is 28.4 Å². The quantitative estimate of drug-likeness (QED) is 0.00607. The van der Waals surface area contributed by atoms with Gasteiger partial charge in [-0.15, -0.1) is 0 Å². The van der Waals surface area contributed by atoms with Gasteiger partial charge < -0.3 is 66.0 Å². The van der Waals surface area contributed by atoms with E-state index in [9.17, 15) is 43.7 Å². The van der Waals surface area contributed by atoms with E-state index >= 15 is 0 Å². The van der Waals surface area contributed by atoms with Crippen LogP contribution in [0.3, 0.4) is 0 Å². The van der Waals surface area contributed by atoms with Crippen LogP contribution in [0, 0.1) is 48.9 Å². The smallest absolute Gasteiger partial charge is 0.475 e. The second-order valence-electron chi connectivity index (χ2n) is 36.5. The third-order valence-corrected chi connectivity index (χ3v) is 29.5. The summed E-state index contributed by atoms with van der Waals surface area (Å²) in [6.07, 6.45) is -1.60. The number of methoxy groups -OCH3 is 4. The van der Waals surface area contributed by atoms with E-state index in [1.54, 1.807) is 119 Å². The van der Waals surface area contributed by atoms with E-state index in [1.165, 1.54) is 21.5 Å². The number of hydrogen-bond acceptors (Lipinski definition) is 28. The summed E-state index contributed by atoms with van der Waals surface area (Å²) >= 11 is 7.99. The van der Waals surface area contributed by atoms with Crippen LogP contribution < -0.4 is 50.9 Å². The maximum absolute atomic E-state index is 14.4. The summed E-state index contributed by atoms with van der Waals surface area (Å²) in [5.41, 5.74) is -0.398. The minimum Gasteiger partial charge on any atom is -0.497 e. The van der Waals surface area contributed by atoms with Crippen molar-refractivity contribution in [1.29, 1.82) is 10.5 Å². The summed E-state index contributed by atoms with van der Waals surface area (Å²) in [5.74, 6) is 8.26. The first-order valence-electron chi connectivity index (χ1n) is 46.7. The number of carbonyl (C=O) groups excluding carboxylic acids is 2. The summed E-state index contributed by atoms with van der Waals surface area (Å²) in [7, 11) is -0.850. The van der Waals surface area contributed by atoms with Crippen molar-refractivity contribution in [2.75, 3.05) is 61.5 Å². The number of aromatic amines is 2. The molecule has 8 unspecified atom stereocenters. The largest absolute Gasteiger partial charge is 0.497 e. The Hall–Kier alpha value is -10.6. The van der Waals surface area contributed by atoms with Crippen LogP contribution in [-0.4, -0.2) is 156 Å². The Labute approximate surface area is 870 Å². The van der Waals surface area contributed by atoms with E-state index in [4.69, 9.17) is 91.0 Å². The molecule has 32 nitrogen and oxygen atoms in total. The van der Waals surface area contributed by atoms with Gasteiger partial charge in [0.1, 0.15) is 75.9 Å². The van der Waals surface area contributed by atoms with Crippen LogP contribution in [0.4, 0.5) is 0 Å². The number of aromatic nitrogens is 4. The zero-order valence-corrected chi connectivity index (χ0v) is 89.3. The molecule has 780 valence electrons. The first-order valence-corrected chi connectivity index (χ1v) is 52.5. The monoisotopic (exact) mass is 2180 g/mol. The molecule has 8 aromatic carbocycles. The van der Waals surface area contributed by atoms with Crippen LogP contribution >= 0.6 is 57.8 Å². The molecule has 0 amide bonds. The van der Waals surface area contributed by atoms with Crippen molar-refractivity contribution in [3.05, 3.63) is 314 Å². The number of carbonyl (C=O) groups is 2. The Morgan fingerprint density at radius 2 is 0.862 bits per heavy atom. The molecule has 145 heavy (non-hydrogen) atoms. The van der Waals surface area contributed by atoms with Gasteiger partial charge in [0.15, 0.2) is 0 Å². The third kappa shape index (κ3) is 32.9. The molecule has 2 aliphatic heterocycles. The molecule has 4 heterocycles. The summed E-state index contributed by atoms with van der Waals surface area (Å²) in [6, 6.07) is 67.9. The van der Waals surface area contributed by atoms with E-state index in [0.717, 1.165) is 33.4 Å². The molecule has 37 heteroatoms. The van der Waals surface area contributed by atoms with E-state index in [1.807, 2.05) is 214 Å². The number of H-pyrrole nitrogens is 2. The Bertz CT molecular complexity index is 6020. The number of phosphoric ester groups is 1. The molecule has 2 saturated heterocycles. The number of halogens is 2. The van der Waals surface area contributed by atoms with Gasteiger partial charge in [-0.25, -0.2) is 23.5 Å². The van der Waals surface area contributed by atoms with Crippen molar-refractivity contribution in [2.45, 2.75) is 229 Å². The molecule has 12 rings (SSSR count). The van der Waals surface area contributed by atoms with E-state index in [2.05, 4.69) is 64.9 Å². The van der Waals surface area contributed by atoms with Gasteiger partial charge >= 0.3 is 31.1 Å². The zero-order chi connectivity index (χ0) is 104. The zero-order valence-electron chi connectivity index (χ0n) is 83.7. The van der Waals surface area contributed by atoms with Gasteiger partial charge in [-0.3, -0.25) is 51.9 Å². The van der Waals surface area contributed by atoms with Crippen LogP contribution in [0.1, 0.15) is 206 Å². The summed E-state index contributed by atoms with van der Waals surface area (Å²) in [6.45, 7) is 26.7. The molecule has 0 saturated carbocycles. The first-order chi connectivity index (χ1) is 68.2. The van der Waals surface area contributed by atoms with Crippen LogP contribution in [0.2, 0.25) is 0 Å². The highest BCUT2D eigenvalue weighted by molar-refractivity contribution is 14.1. The number of aliphatic hydroxyl groups is 1. The second kappa shape index (κ2) is 56.5. The fourth-order valence-corrected chi connectivity index (χ4v) is 21.1. The Morgan fingerprint density at radius 1 is 0.497 bits per heavy atom. The number of ether oxygens (including phenoxy) is 10. The highest BCUT2D eigenvalue weighted by Crippen LogP contribution is 2.54. The molecule has 2 aliphatic rings. The molecule has 10 aromatic rings. The number of rotatable bonds is 43. The number of nitriles is 2. The number of nitrogens with zero attached hydrogens (tertiary/aromatic N) is 6. The Morgan fingerprint density at radius 3 is 1.26 bits per heavy atom. The molecule has 0 spiro atoms. The molecule has 0 aliphatic carbocycles. The maximum Gasteiger partial charge on any atom is 0.475 e. The highest BCUT2D eigenvalue weighted by atomic mass is 127. The van der Waals surface area contributed by atoms with Crippen molar-refractivity contribution in [3.63, 3.8) is 0 Å². The van der Waals surface area contributed by atoms with Crippen molar-refractivity contribution >= 4 is 69.8 Å². The van der Waals surface area contributed by atoms with Gasteiger partial charge in [0.05, 0.1) is 126 Å². The van der Waals surface area contributed by atoms with Crippen molar-refractivity contribution in [2.24, 2.45) is 10.8 Å². The van der Waals surface area contributed by atoms with Gasteiger partial charge in [-0.2, -0.15) is 10.5 Å². The number of nitrogens with one attached hydrogen (secondary N) is 2. The van der Waals surface area contributed by atoms with E-state index < -0.39 is 117 Å². The Kier molecular flexibility index (Phi) is 46.6. The number of benzene rings is 8. The number of aliphatic hydroxyl groups excluding tert-OH is 1. The van der Waals surface area contributed by atoms with Crippen LogP contribution in [-0.2, 0) is 84.7 Å². The van der Waals surface area contributed by atoms with Crippen LogP contribution in [0.15, 0.2) is 238 Å². The lowest BCUT2D eigenvalue weighted by molar-refractivity contribution is -0.143. The van der Waals surface area contributed by atoms with Gasteiger partial charge in [0.25, 0.3) is 19.6 Å². The average molecular weight is 2180 g/mol. The van der Waals surface area contributed by atoms with Gasteiger partial charge in [-0.05, 0) is 248 Å². The molecule has 2 fully saturated rings. The standard InChI is InChI=1S/C67H80N4O16P2.C30H29IN2O7.C9H18ClN2OP.2CH4/c1-46(2)71(47(3)4)88(80-39-18-38-68)87-58-41-60(86-59(58)45-79-67(51-20-14-13-15-21-51,52-26-34-54(77-11)35-27-52)53-28-36-55(78-12)37-29-53)70-42-50(61(72)69-64(70)75)19-16-17-40-81-89(76,82-43-48-22-30-56(31-23-48)84-62(73)65(5,6)7)83-44-49-24-32-57(33-25-49)85-63(74)66(8,9)10;1-37-22-12-8-20(9-13-22)30(19-6-4-3-5-7-19,21-10-14-23(38-2)15-11-21)39-18-26-25(34)16-27(40-26)33-17-24(31)28(35)32-29(33)36;1-8(2)12(9(3)4)14(10)13-7-5-6-11;;/h13-15,20-37,42,46-47,58-60H,17-18,39-41,43-45H2,1-12H3,(H,69,72,75);3-15,17,25-27,34H,16,18H2,1-2H3,(H,32,35,36);8-9H,5,7H2,1-4H3;2*1H4. The number of esters is 2. The molecule has 3 N–H and O–H groups in total. The highest BCUT2D eigenvalue weighted by Gasteiger charge is 2.47. The van der Waals surface area contributed by atoms with Crippen LogP contribution in [0.5, 0.6) is 34.5 Å². The summed E-state index contributed by atoms with van der Waals surface area (Å²) in [4.78, 5) is 81.5. The van der Waals surface area contributed by atoms with E-state index in [-0.39, 0.29) is 97.8 Å². The lowest BCUT2D eigenvalue weighted by atomic mass is 9.80. The van der Waals surface area contributed by atoms with Gasteiger partial charge in [-0.1, -0.05) is 160 Å². The molecule has 0 radical (unpaired) electrons. The average Bonchev–Trinajstić information content (AvgIpc) is 0.800. The minimum atomic E-state index is -4.36. The number of phosphoric acid groups is 1. The second-order valence-corrected chi connectivity index (χ2v) is 42.7. The first kappa shape index (κ1) is 120. The lowest BCUT2D eigenvalue weighted by Crippen LogP contribution is -2.39. The molecular weight excluding hydrogens is 2050 g/mol. The summed E-state index contributed by atoms with van der Waals surface area (Å²) < 4.78 is 118. The normalized spacial score (nSPS) is 16.2.